The molecule has 0 saturated carbocycles. The van der Waals surface area contributed by atoms with Gasteiger partial charge in [0, 0.05) is 50.7 Å². The maximum atomic E-state index is 12.9. The molecule has 6 heteroatoms. The van der Waals surface area contributed by atoms with Crippen molar-refractivity contribution in [3.63, 3.8) is 0 Å². The summed E-state index contributed by atoms with van der Waals surface area (Å²) in [5.74, 6) is 0.309. The largest absolute Gasteiger partial charge is 0.369 e. The van der Waals surface area contributed by atoms with Gasteiger partial charge in [0.1, 0.15) is 0 Å². The Balaban J connectivity index is 1.37. The van der Waals surface area contributed by atoms with Gasteiger partial charge in [-0.1, -0.05) is 61.5 Å². The van der Waals surface area contributed by atoms with Gasteiger partial charge < -0.3 is 10.2 Å². The van der Waals surface area contributed by atoms with E-state index in [0.717, 1.165) is 38.3 Å². The lowest BCUT2D eigenvalue weighted by molar-refractivity contribution is 0.0947. The predicted molar refractivity (Wildman–Crippen MR) is 135 cm³/mol. The number of amides is 1. The molecule has 0 bridgehead atoms. The second-order valence-electron chi connectivity index (χ2n) is 8.18. The minimum atomic E-state index is -1.17. The van der Waals surface area contributed by atoms with Crippen LogP contribution in [-0.4, -0.2) is 46.9 Å². The first-order valence-electron chi connectivity index (χ1n) is 11.5. The molecule has 1 saturated heterocycles. The van der Waals surface area contributed by atoms with Gasteiger partial charge in [0.05, 0.1) is 21.3 Å². The van der Waals surface area contributed by atoms with E-state index in [1.54, 1.807) is 12.1 Å². The zero-order chi connectivity index (χ0) is 23.0. The van der Waals surface area contributed by atoms with Crippen LogP contribution < -0.4 is 10.2 Å². The van der Waals surface area contributed by atoms with Crippen molar-refractivity contribution in [1.29, 1.82) is 0 Å². The normalized spacial score (nSPS) is 15.2. The Bertz CT molecular complexity index is 1100. The first-order valence-corrected chi connectivity index (χ1v) is 12.8. The topological polar surface area (TPSA) is 52.7 Å². The molecule has 0 aliphatic carbocycles. The first-order chi connectivity index (χ1) is 16.2. The molecule has 0 spiro atoms. The highest BCUT2D eigenvalue weighted by Gasteiger charge is 2.19. The molecule has 1 unspecified atom stereocenters. The standard InChI is InChI=1S/C27H31N3O2S/c1-2-33(32)26-15-9-8-14-25(26)27(31)28-20-22-10-6-7-11-23(22)21-29-16-18-30(19-17-29)24-12-4-3-5-13-24/h3-15H,2,16-21H2,1H3,(H,28,31). The zero-order valence-electron chi connectivity index (χ0n) is 19.1. The minimum absolute atomic E-state index is 0.182. The average molecular weight is 462 g/mol. The number of piperazine rings is 1. The van der Waals surface area contributed by atoms with Gasteiger partial charge in [-0.05, 0) is 35.4 Å². The lowest BCUT2D eigenvalue weighted by atomic mass is 10.1. The predicted octanol–water partition coefficient (Wildman–Crippen LogP) is 4.07. The van der Waals surface area contributed by atoms with Crippen molar-refractivity contribution in [2.45, 2.75) is 24.9 Å². The van der Waals surface area contributed by atoms with Gasteiger partial charge in [0.2, 0.25) is 0 Å². The minimum Gasteiger partial charge on any atom is -0.369 e. The summed E-state index contributed by atoms with van der Waals surface area (Å²) >= 11 is 0. The van der Waals surface area contributed by atoms with E-state index in [2.05, 4.69) is 63.6 Å². The van der Waals surface area contributed by atoms with E-state index in [1.807, 2.05) is 25.1 Å². The Morgan fingerprint density at radius 2 is 1.48 bits per heavy atom. The number of anilines is 1. The average Bonchev–Trinajstić information content (AvgIpc) is 2.88. The number of nitrogens with zero attached hydrogens (tertiary/aromatic N) is 2. The molecule has 1 amide bonds. The Kier molecular flexibility index (Phi) is 7.92. The maximum Gasteiger partial charge on any atom is 0.252 e. The van der Waals surface area contributed by atoms with Crippen LogP contribution in [0.4, 0.5) is 5.69 Å². The number of carbonyl (C=O) groups excluding carboxylic acids is 1. The van der Waals surface area contributed by atoms with Gasteiger partial charge in [-0.3, -0.25) is 13.9 Å². The number of hydrogen-bond acceptors (Lipinski definition) is 4. The van der Waals surface area contributed by atoms with Crippen molar-refractivity contribution in [2.24, 2.45) is 0 Å². The molecule has 1 heterocycles. The second-order valence-corrected chi connectivity index (χ2v) is 9.89. The van der Waals surface area contributed by atoms with Crippen molar-refractivity contribution < 1.29 is 9.00 Å². The number of para-hydroxylation sites is 1. The monoisotopic (exact) mass is 461 g/mol. The summed E-state index contributed by atoms with van der Waals surface area (Å²) in [6, 6.07) is 26.0. The Morgan fingerprint density at radius 3 is 2.21 bits per heavy atom. The smallest absolute Gasteiger partial charge is 0.252 e. The molecule has 172 valence electrons. The fourth-order valence-corrected chi connectivity index (χ4v) is 5.15. The van der Waals surface area contributed by atoms with E-state index >= 15 is 0 Å². The van der Waals surface area contributed by atoms with Gasteiger partial charge >= 0.3 is 0 Å². The van der Waals surface area contributed by atoms with Crippen molar-refractivity contribution in [3.05, 3.63) is 95.6 Å². The van der Waals surface area contributed by atoms with E-state index in [4.69, 9.17) is 0 Å². The van der Waals surface area contributed by atoms with Gasteiger partial charge in [-0.2, -0.15) is 0 Å². The van der Waals surface area contributed by atoms with Crippen molar-refractivity contribution >= 4 is 22.4 Å². The van der Waals surface area contributed by atoms with Crippen LogP contribution >= 0.6 is 0 Å². The molecule has 0 aromatic heterocycles. The van der Waals surface area contributed by atoms with E-state index in [1.165, 1.54) is 11.3 Å². The van der Waals surface area contributed by atoms with Gasteiger partial charge in [0.15, 0.2) is 0 Å². The number of benzene rings is 3. The van der Waals surface area contributed by atoms with Gasteiger partial charge in [-0.25, -0.2) is 0 Å². The van der Waals surface area contributed by atoms with Crippen molar-refractivity contribution in [1.82, 2.24) is 10.2 Å². The summed E-state index contributed by atoms with van der Waals surface area (Å²) in [4.78, 5) is 18.4. The lowest BCUT2D eigenvalue weighted by Crippen LogP contribution is -2.46. The number of hydrogen-bond donors (Lipinski definition) is 1. The Morgan fingerprint density at radius 1 is 0.848 bits per heavy atom. The Hall–Kier alpha value is -2.96. The molecule has 4 rings (SSSR count). The third-order valence-electron chi connectivity index (χ3n) is 6.08. The fourth-order valence-electron chi connectivity index (χ4n) is 4.21. The molecule has 1 aliphatic rings. The van der Waals surface area contributed by atoms with E-state index in [-0.39, 0.29) is 5.91 Å². The van der Waals surface area contributed by atoms with Gasteiger partial charge in [0.25, 0.3) is 5.91 Å². The number of rotatable bonds is 8. The quantitative estimate of drug-likeness (QED) is 0.550. The Labute approximate surface area is 198 Å². The lowest BCUT2D eigenvalue weighted by Gasteiger charge is -2.36. The molecule has 0 radical (unpaired) electrons. The highest BCUT2D eigenvalue weighted by molar-refractivity contribution is 7.85. The molecule has 1 aliphatic heterocycles. The van der Waals surface area contributed by atoms with Crippen LogP contribution in [0.1, 0.15) is 28.4 Å². The second kappa shape index (κ2) is 11.3. The summed E-state index contributed by atoms with van der Waals surface area (Å²) in [6.45, 7) is 7.21. The molecule has 33 heavy (non-hydrogen) atoms. The fraction of sp³-hybridized carbons (Fsp3) is 0.296. The first kappa shape index (κ1) is 23.2. The molecule has 1 N–H and O–H groups in total. The van der Waals surface area contributed by atoms with Crippen LogP contribution in [-0.2, 0) is 23.9 Å². The number of carbonyl (C=O) groups is 1. The van der Waals surface area contributed by atoms with Gasteiger partial charge in [-0.15, -0.1) is 0 Å². The molecule has 3 aromatic rings. The third kappa shape index (κ3) is 5.89. The van der Waals surface area contributed by atoms with E-state index < -0.39 is 10.8 Å². The van der Waals surface area contributed by atoms with Crippen LogP contribution in [0.15, 0.2) is 83.8 Å². The summed E-state index contributed by atoms with van der Waals surface area (Å²) in [7, 11) is -1.17. The number of nitrogens with one attached hydrogen (secondary N) is 1. The van der Waals surface area contributed by atoms with Crippen molar-refractivity contribution in [2.75, 3.05) is 36.8 Å². The highest BCUT2D eigenvalue weighted by Crippen LogP contribution is 2.19. The zero-order valence-corrected chi connectivity index (χ0v) is 19.9. The summed E-state index contributed by atoms with van der Waals surface area (Å²) < 4.78 is 12.3. The molecule has 3 aromatic carbocycles. The van der Waals surface area contributed by atoms with Crippen LogP contribution in [0.25, 0.3) is 0 Å². The van der Waals surface area contributed by atoms with Crippen LogP contribution in [0, 0.1) is 0 Å². The molecular weight excluding hydrogens is 430 g/mol. The van der Waals surface area contributed by atoms with E-state index in [9.17, 15) is 9.00 Å². The third-order valence-corrected chi connectivity index (χ3v) is 7.46. The molecule has 5 nitrogen and oxygen atoms in total. The van der Waals surface area contributed by atoms with Crippen LogP contribution in [0.2, 0.25) is 0 Å². The summed E-state index contributed by atoms with van der Waals surface area (Å²) in [5.41, 5.74) is 4.12. The molecule has 1 atom stereocenters. The summed E-state index contributed by atoms with van der Waals surface area (Å²) in [6.07, 6.45) is 0. The van der Waals surface area contributed by atoms with E-state index in [0.29, 0.717) is 22.8 Å². The summed E-state index contributed by atoms with van der Waals surface area (Å²) in [5, 5.41) is 3.04. The molecular formula is C27H31N3O2S. The van der Waals surface area contributed by atoms with Crippen molar-refractivity contribution in [3.8, 4) is 0 Å². The SMILES string of the molecule is CCS(=O)c1ccccc1C(=O)NCc1ccccc1CN1CCN(c2ccccc2)CC1. The maximum absolute atomic E-state index is 12.9. The van der Waals surface area contributed by atoms with Crippen LogP contribution in [0.3, 0.4) is 0 Å². The molecule has 1 fully saturated rings. The highest BCUT2D eigenvalue weighted by atomic mass is 32.2. The van der Waals surface area contributed by atoms with Crippen LogP contribution in [0.5, 0.6) is 0 Å².